The molecule has 0 aliphatic carbocycles. The fourth-order valence-corrected chi connectivity index (χ4v) is 4.37. The van der Waals surface area contributed by atoms with E-state index in [1.165, 1.54) is 11.3 Å². The van der Waals surface area contributed by atoms with E-state index in [9.17, 15) is 4.79 Å². The Bertz CT molecular complexity index is 991. The van der Waals surface area contributed by atoms with Gasteiger partial charge in [-0.15, -0.1) is 11.3 Å². The number of hydrogen-bond donors (Lipinski definition) is 1. The molecule has 146 valence electrons. The molecule has 1 aliphatic heterocycles. The lowest BCUT2D eigenvalue weighted by atomic mass is 10.2. The first kappa shape index (κ1) is 18.8. The Labute approximate surface area is 167 Å². The van der Waals surface area contributed by atoms with Crippen molar-refractivity contribution in [2.45, 2.75) is 32.4 Å². The topological polar surface area (TPSA) is 80.2 Å². The summed E-state index contributed by atoms with van der Waals surface area (Å²) in [4.78, 5) is 28.7. The summed E-state index contributed by atoms with van der Waals surface area (Å²) in [6.07, 6.45) is 2.70. The van der Waals surface area contributed by atoms with Crippen molar-refractivity contribution < 1.29 is 9.53 Å². The highest BCUT2D eigenvalue weighted by atomic mass is 32.1. The summed E-state index contributed by atoms with van der Waals surface area (Å²) >= 11 is 1.51. The lowest BCUT2D eigenvalue weighted by molar-refractivity contribution is 0.0721. The number of carbonyl (C=O) groups excluding carboxylic acids is 1. The molecule has 1 aliphatic rings. The van der Waals surface area contributed by atoms with Gasteiger partial charge in [-0.05, 0) is 43.3 Å². The van der Waals surface area contributed by atoms with Crippen LogP contribution in [0.3, 0.4) is 0 Å². The van der Waals surface area contributed by atoms with Crippen molar-refractivity contribution in [3.8, 4) is 0 Å². The molecule has 4 heterocycles. The third-order valence-electron chi connectivity index (χ3n) is 5.04. The normalized spacial score (nSPS) is 17.8. The predicted octanol–water partition coefficient (Wildman–Crippen LogP) is 3.43. The molecule has 4 rings (SSSR count). The van der Waals surface area contributed by atoms with E-state index < -0.39 is 0 Å². The zero-order valence-electron chi connectivity index (χ0n) is 16.2. The predicted molar refractivity (Wildman–Crippen MR) is 110 cm³/mol. The molecule has 0 radical (unpaired) electrons. The number of pyridine rings is 1. The minimum atomic E-state index is -0.0785. The number of likely N-dealkylation sites (tertiary alicyclic amines) is 1. The fourth-order valence-electron chi connectivity index (χ4n) is 3.40. The van der Waals surface area contributed by atoms with Gasteiger partial charge in [-0.2, -0.15) is 0 Å². The van der Waals surface area contributed by atoms with Gasteiger partial charge >= 0.3 is 0 Å². The van der Waals surface area contributed by atoms with Gasteiger partial charge in [0.15, 0.2) is 5.69 Å². The Morgan fingerprint density at radius 2 is 2.25 bits per heavy atom. The number of rotatable bonds is 5. The largest absolute Gasteiger partial charge is 0.380 e. The minimum absolute atomic E-state index is 0.0673. The SMILES string of the molecule is CO[C@@H]1CCN(C(=O)c2nc(N[C@@H](C)c3ccccn3)nc3c(C)csc23)C1. The molecule has 1 saturated heterocycles. The standard InChI is InChI=1S/C20H23N5O2S/c1-12-11-28-18-16(12)23-20(22-13(2)15-6-4-5-8-21-15)24-17(18)19(26)25-9-7-14(10-25)27-3/h4-6,8,11,13-14H,7,9-10H2,1-3H3,(H,22,23,24)/t13-,14+/m0/s1. The van der Waals surface area contributed by atoms with Crippen molar-refractivity contribution in [3.05, 3.63) is 46.7 Å². The number of carbonyl (C=O) groups is 1. The molecule has 1 amide bonds. The van der Waals surface area contributed by atoms with E-state index in [1.54, 1.807) is 13.3 Å². The van der Waals surface area contributed by atoms with E-state index in [0.717, 1.165) is 27.9 Å². The van der Waals surface area contributed by atoms with Crippen LogP contribution in [0.5, 0.6) is 0 Å². The van der Waals surface area contributed by atoms with Gasteiger partial charge in [-0.1, -0.05) is 6.07 Å². The third-order valence-corrected chi connectivity index (χ3v) is 6.13. The van der Waals surface area contributed by atoms with Gasteiger partial charge in [0.25, 0.3) is 5.91 Å². The number of methoxy groups -OCH3 is 1. The second-order valence-corrected chi connectivity index (χ2v) is 7.89. The van der Waals surface area contributed by atoms with Crippen molar-refractivity contribution in [2.75, 3.05) is 25.5 Å². The smallest absolute Gasteiger partial charge is 0.274 e. The zero-order valence-corrected chi connectivity index (χ0v) is 17.0. The number of fused-ring (bicyclic) bond motifs is 1. The second kappa shape index (κ2) is 7.81. The Balaban J connectivity index is 1.67. The number of amides is 1. The molecule has 3 aromatic heterocycles. The van der Waals surface area contributed by atoms with E-state index in [4.69, 9.17) is 4.74 Å². The first-order valence-electron chi connectivity index (χ1n) is 9.32. The number of ether oxygens (including phenoxy) is 1. The number of aromatic nitrogens is 3. The van der Waals surface area contributed by atoms with Crippen LogP contribution in [-0.2, 0) is 4.74 Å². The van der Waals surface area contributed by atoms with Crippen LogP contribution in [0.25, 0.3) is 10.2 Å². The van der Waals surface area contributed by atoms with Crippen molar-refractivity contribution in [1.29, 1.82) is 0 Å². The molecule has 0 spiro atoms. The van der Waals surface area contributed by atoms with Gasteiger partial charge in [0.1, 0.15) is 0 Å². The highest BCUT2D eigenvalue weighted by molar-refractivity contribution is 7.17. The average molecular weight is 398 g/mol. The molecular weight excluding hydrogens is 374 g/mol. The summed E-state index contributed by atoms with van der Waals surface area (Å²) in [7, 11) is 1.69. The second-order valence-electron chi connectivity index (χ2n) is 7.01. The lowest BCUT2D eigenvalue weighted by Gasteiger charge is -2.18. The molecule has 2 atom stereocenters. The zero-order chi connectivity index (χ0) is 19.7. The first-order valence-corrected chi connectivity index (χ1v) is 10.2. The number of nitrogens with one attached hydrogen (secondary N) is 1. The van der Waals surface area contributed by atoms with E-state index in [2.05, 4.69) is 20.3 Å². The van der Waals surface area contributed by atoms with Gasteiger partial charge in [0, 0.05) is 26.4 Å². The Morgan fingerprint density at radius 3 is 2.96 bits per heavy atom. The van der Waals surface area contributed by atoms with Gasteiger partial charge < -0.3 is 15.0 Å². The summed E-state index contributed by atoms with van der Waals surface area (Å²) in [5, 5.41) is 5.32. The molecule has 0 saturated carbocycles. The Morgan fingerprint density at radius 1 is 1.39 bits per heavy atom. The molecule has 0 aromatic carbocycles. The molecular formula is C20H23N5O2S. The summed E-state index contributed by atoms with van der Waals surface area (Å²) in [6, 6.07) is 5.70. The van der Waals surface area contributed by atoms with E-state index >= 15 is 0 Å². The average Bonchev–Trinajstić information content (AvgIpc) is 3.35. The maximum Gasteiger partial charge on any atom is 0.274 e. The number of aryl methyl sites for hydroxylation is 1. The van der Waals surface area contributed by atoms with Crippen LogP contribution in [0.1, 0.15) is 41.1 Å². The molecule has 7 nitrogen and oxygen atoms in total. The molecule has 8 heteroatoms. The summed E-state index contributed by atoms with van der Waals surface area (Å²) in [5.41, 5.74) is 3.21. The maximum atomic E-state index is 13.2. The molecule has 0 bridgehead atoms. The molecule has 1 N–H and O–H groups in total. The van der Waals surface area contributed by atoms with Gasteiger partial charge in [0.2, 0.25) is 5.95 Å². The van der Waals surface area contributed by atoms with Crippen LogP contribution in [0.2, 0.25) is 0 Å². The quantitative estimate of drug-likeness (QED) is 0.710. The molecule has 0 unspecified atom stereocenters. The van der Waals surface area contributed by atoms with Crippen molar-refractivity contribution in [1.82, 2.24) is 19.9 Å². The van der Waals surface area contributed by atoms with E-state index in [1.807, 2.05) is 42.3 Å². The fraction of sp³-hybridized carbons (Fsp3) is 0.400. The van der Waals surface area contributed by atoms with Crippen LogP contribution >= 0.6 is 11.3 Å². The molecule has 28 heavy (non-hydrogen) atoms. The van der Waals surface area contributed by atoms with Crippen LogP contribution in [0.4, 0.5) is 5.95 Å². The molecule has 1 fully saturated rings. The van der Waals surface area contributed by atoms with Crippen molar-refractivity contribution >= 4 is 33.4 Å². The van der Waals surface area contributed by atoms with Gasteiger partial charge in [0.05, 0.1) is 28.1 Å². The van der Waals surface area contributed by atoms with Crippen LogP contribution < -0.4 is 5.32 Å². The Hall–Kier alpha value is -2.58. The summed E-state index contributed by atoms with van der Waals surface area (Å²) < 4.78 is 6.23. The van der Waals surface area contributed by atoms with E-state index in [0.29, 0.717) is 24.7 Å². The minimum Gasteiger partial charge on any atom is -0.380 e. The van der Waals surface area contributed by atoms with Gasteiger partial charge in [-0.3, -0.25) is 9.78 Å². The van der Waals surface area contributed by atoms with E-state index in [-0.39, 0.29) is 18.1 Å². The monoisotopic (exact) mass is 397 g/mol. The van der Waals surface area contributed by atoms with Crippen molar-refractivity contribution in [3.63, 3.8) is 0 Å². The molecule has 3 aromatic rings. The third kappa shape index (κ3) is 3.57. The van der Waals surface area contributed by atoms with Crippen LogP contribution in [-0.4, -0.2) is 52.1 Å². The first-order chi connectivity index (χ1) is 13.6. The van der Waals surface area contributed by atoms with Crippen LogP contribution in [0.15, 0.2) is 29.8 Å². The Kier molecular flexibility index (Phi) is 5.23. The lowest BCUT2D eigenvalue weighted by Crippen LogP contribution is -2.31. The summed E-state index contributed by atoms with van der Waals surface area (Å²) in [6.45, 7) is 5.28. The summed E-state index contributed by atoms with van der Waals surface area (Å²) in [5.74, 6) is 0.375. The number of anilines is 1. The maximum absolute atomic E-state index is 13.2. The number of nitrogens with zero attached hydrogens (tertiary/aromatic N) is 4. The number of hydrogen-bond acceptors (Lipinski definition) is 7. The van der Waals surface area contributed by atoms with Gasteiger partial charge in [-0.25, -0.2) is 9.97 Å². The number of thiophene rings is 1. The van der Waals surface area contributed by atoms with Crippen molar-refractivity contribution in [2.24, 2.45) is 0 Å². The van der Waals surface area contributed by atoms with Crippen LogP contribution in [0, 0.1) is 6.92 Å². The highest BCUT2D eigenvalue weighted by Gasteiger charge is 2.30. The highest BCUT2D eigenvalue weighted by Crippen LogP contribution is 2.30.